The summed E-state index contributed by atoms with van der Waals surface area (Å²) >= 11 is 6.05. The van der Waals surface area contributed by atoms with Crippen molar-refractivity contribution < 1.29 is 35.2 Å². The average Bonchev–Trinajstić information content (AvgIpc) is 3.11. The highest BCUT2D eigenvalue weighted by Crippen LogP contribution is 2.39. The van der Waals surface area contributed by atoms with E-state index in [9.17, 15) is 36.0 Å². The third-order valence-corrected chi connectivity index (χ3v) is 7.84. The molecule has 0 aliphatic carbocycles. The van der Waals surface area contributed by atoms with E-state index in [1.165, 1.54) is 0 Å². The zero-order valence-electron chi connectivity index (χ0n) is 18.4. The number of hydrogen-bond donors (Lipinski definition) is 4. The van der Waals surface area contributed by atoms with Gasteiger partial charge in [0.25, 0.3) is 10.1 Å². The zero-order valence-corrected chi connectivity index (χ0v) is 20.8. The maximum Gasteiger partial charge on any atom is 0.329 e. The van der Waals surface area contributed by atoms with Crippen LogP contribution < -0.4 is 10.6 Å². The number of quaternary nitrogens is 1. The molecule has 1 fully saturated rings. The van der Waals surface area contributed by atoms with Gasteiger partial charge in [0.1, 0.15) is 18.4 Å². The Balaban J connectivity index is 1.72. The number of nitrogens with zero attached hydrogens (tertiary/aromatic N) is 4. The number of nitriles is 1. The number of anilines is 1. The Hall–Kier alpha value is -2.45. The lowest BCUT2D eigenvalue weighted by molar-refractivity contribution is -0.869. The van der Waals surface area contributed by atoms with Gasteiger partial charge in [0.15, 0.2) is 11.0 Å². The molecule has 0 spiro atoms. The van der Waals surface area contributed by atoms with Gasteiger partial charge in [-0.25, -0.2) is 9.28 Å². The van der Waals surface area contributed by atoms with Crippen LogP contribution in [-0.4, -0.2) is 89.9 Å². The van der Waals surface area contributed by atoms with Crippen LogP contribution in [0.2, 0.25) is 5.15 Å². The van der Waals surface area contributed by atoms with Crippen molar-refractivity contribution in [3.05, 3.63) is 29.4 Å². The molecule has 1 aromatic heterocycles. The lowest BCUT2D eigenvalue weighted by Gasteiger charge is -2.40. The standard InChI is InChI=1S/C19H23ClN6O7S2/c20-17-14-4-1-2-5-15(14)18(25-24-17)23-8-7-22-10-16(27)26(13-35(31,32)33)9-3-6-19(26,11-21)12-34(28,29)30/h1-2,4-5,22H,3,6-10,12-13H2,(H2-,23,25,28,29,30,31,32,33)/p+1/t19?,26-/m0/s1. The summed E-state index contributed by atoms with van der Waals surface area (Å²) in [7, 11) is -9.52. The number of aromatic nitrogens is 2. The normalized spacial score (nSPS) is 22.7. The quantitative estimate of drug-likeness (QED) is 0.182. The molecule has 0 saturated carbocycles. The van der Waals surface area contributed by atoms with Crippen LogP contribution in [0.5, 0.6) is 0 Å². The van der Waals surface area contributed by atoms with Gasteiger partial charge in [0.05, 0.1) is 6.54 Å². The summed E-state index contributed by atoms with van der Waals surface area (Å²) in [6.07, 6.45) is 0.00260. The van der Waals surface area contributed by atoms with Crippen molar-refractivity contribution in [3.8, 4) is 6.07 Å². The second kappa shape index (κ2) is 10.3. The number of fused-ring (bicyclic) bond motifs is 1. The van der Waals surface area contributed by atoms with Crippen molar-refractivity contribution in [2.75, 3.05) is 43.1 Å². The first-order chi connectivity index (χ1) is 16.3. The van der Waals surface area contributed by atoms with Crippen LogP contribution in [-0.2, 0) is 25.0 Å². The molecule has 2 aromatic rings. The first-order valence-electron chi connectivity index (χ1n) is 10.4. The van der Waals surface area contributed by atoms with Gasteiger partial charge >= 0.3 is 16.0 Å². The van der Waals surface area contributed by atoms with Gasteiger partial charge in [-0.3, -0.25) is 9.11 Å². The Bertz CT molecular complexity index is 1380. The molecule has 1 unspecified atom stereocenters. The Kier molecular flexibility index (Phi) is 7.96. The highest BCUT2D eigenvalue weighted by molar-refractivity contribution is 7.86. The van der Waals surface area contributed by atoms with Gasteiger partial charge in [-0.05, 0) is 0 Å². The molecule has 2 heterocycles. The Morgan fingerprint density at radius 2 is 1.83 bits per heavy atom. The molecule has 0 bridgehead atoms. The largest absolute Gasteiger partial charge is 0.367 e. The minimum atomic E-state index is -4.79. The van der Waals surface area contributed by atoms with E-state index in [0.29, 0.717) is 11.2 Å². The topological polar surface area (TPSA) is 199 Å². The molecule has 0 radical (unpaired) electrons. The van der Waals surface area contributed by atoms with E-state index in [1.54, 1.807) is 18.2 Å². The van der Waals surface area contributed by atoms with Crippen LogP contribution in [0.1, 0.15) is 12.8 Å². The molecule has 2 atom stereocenters. The maximum atomic E-state index is 13.2. The van der Waals surface area contributed by atoms with E-state index in [4.69, 9.17) is 11.6 Å². The minimum Gasteiger partial charge on any atom is -0.367 e. The number of amides is 1. The lowest BCUT2D eigenvalue weighted by Crippen LogP contribution is -2.68. The Morgan fingerprint density at radius 1 is 1.14 bits per heavy atom. The zero-order chi connectivity index (χ0) is 25.9. The third-order valence-electron chi connectivity index (χ3n) is 5.95. The molecule has 3 rings (SSSR count). The fraction of sp³-hybridized carbons (Fsp3) is 0.474. The van der Waals surface area contributed by atoms with E-state index in [-0.39, 0.29) is 37.6 Å². The average molecular weight is 548 g/mol. The van der Waals surface area contributed by atoms with Gasteiger partial charge in [0.2, 0.25) is 11.4 Å². The number of carbonyl (C=O) groups excluding carboxylic acids is 1. The van der Waals surface area contributed by atoms with Crippen molar-refractivity contribution in [2.24, 2.45) is 0 Å². The number of likely N-dealkylation sites (tertiary alicyclic amines) is 1. The predicted molar refractivity (Wildman–Crippen MR) is 126 cm³/mol. The van der Waals surface area contributed by atoms with Crippen molar-refractivity contribution in [3.63, 3.8) is 0 Å². The van der Waals surface area contributed by atoms with Crippen LogP contribution >= 0.6 is 11.6 Å². The van der Waals surface area contributed by atoms with Crippen LogP contribution in [0.3, 0.4) is 0 Å². The molecule has 1 aliphatic rings. The van der Waals surface area contributed by atoms with E-state index in [1.807, 2.05) is 12.1 Å². The molecule has 35 heavy (non-hydrogen) atoms. The molecule has 1 amide bonds. The van der Waals surface area contributed by atoms with Crippen LogP contribution in [0.4, 0.5) is 5.82 Å². The summed E-state index contributed by atoms with van der Waals surface area (Å²) in [6.45, 7) is -0.123. The summed E-state index contributed by atoms with van der Waals surface area (Å²) in [5, 5.41) is 25.2. The molecule has 1 aromatic carbocycles. The molecule has 16 heteroatoms. The number of nitrogens with one attached hydrogen (secondary N) is 2. The first-order valence-corrected chi connectivity index (χ1v) is 14.0. The fourth-order valence-electron chi connectivity index (χ4n) is 4.47. The van der Waals surface area contributed by atoms with Crippen molar-refractivity contribution in [1.29, 1.82) is 5.26 Å². The number of rotatable bonds is 10. The molecule has 1 saturated heterocycles. The lowest BCUT2D eigenvalue weighted by atomic mass is 9.98. The van der Waals surface area contributed by atoms with Gasteiger partial charge in [-0.15, -0.1) is 10.2 Å². The summed E-state index contributed by atoms with van der Waals surface area (Å²) in [4.78, 5) is 13.2. The van der Waals surface area contributed by atoms with E-state index >= 15 is 0 Å². The third kappa shape index (κ3) is 6.04. The Morgan fingerprint density at radius 3 is 2.46 bits per heavy atom. The number of hydrogen-bond acceptors (Lipinski definition) is 10. The van der Waals surface area contributed by atoms with E-state index in [2.05, 4.69) is 20.8 Å². The highest BCUT2D eigenvalue weighted by atomic mass is 35.5. The first kappa shape index (κ1) is 27.1. The molecule has 1 aliphatic heterocycles. The van der Waals surface area contributed by atoms with E-state index < -0.39 is 54.3 Å². The monoisotopic (exact) mass is 547 g/mol. The molecular weight excluding hydrogens is 524 g/mol. The van der Waals surface area contributed by atoms with Crippen LogP contribution in [0, 0.1) is 11.3 Å². The molecular formula is C19H24ClN6O7S2+. The van der Waals surface area contributed by atoms with Crippen molar-refractivity contribution in [1.82, 2.24) is 15.5 Å². The highest BCUT2D eigenvalue weighted by Gasteiger charge is 2.63. The minimum absolute atomic E-state index is 0.144. The predicted octanol–water partition coefficient (Wildman–Crippen LogP) is 0.417. The molecule has 190 valence electrons. The van der Waals surface area contributed by atoms with Crippen molar-refractivity contribution >= 4 is 54.3 Å². The SMILES string of the molecule is N#CC1(CS(=O)(=O)O)CCC[N@+]1(CS(=O)(=O)O)C(=O)CNCCNc1nnc(Cl)c2ccccc12. The number of halogens is 1. The second-order valence-corrected chi connectivity index (χ2v) is 11.5. The summed E-state index contributed by atoms with van der Waals surface area (Å²) in [5.41, 5.74) is -2.06. The Labute approximate surface area is 207 Å². The number of carbonyl (C=O) groups is 1. The summed E-state index contributed by atoms with van der Waals surface area (Å²) in [6, 6.07) is 8.96. The molecule has 13 nitrogen and oxygen atoms in total. The fourth-order valence-corrected chi connectivity index (χ4v) is 6.81. The smallest absolute Gasteiger partial charge is 0.329 e. The number of benzene rings is 1. The second-order valence-electron chi connectivity index (χ2n) is 8.26. The van der Waals surface area contributed by atoms with Crippen LogP contribution in [0.25, 0.3) is 10.8 Å². The van der Waals surface area contributed by atoms with Crippen LogP contribution in [0.15, 0.2) is 24.3 Å². The van der Waals surface area contributed by atoms with Gasteiger partial charge in [-0.2, -0.15) is 22.1 Å². The van der Waals surface area contributed by atoms with Gasteiger partial charge in [0, 0.05) is 36.7 Å². The van der Waals surface area contributed by atoms with Crippen molar-refractivity contribution in [2.45, 2.75) is 18.4 Å². The van der Waals surface area contributed by atoms with E-state index in [0.717, 1.165) is 5.39 Å². The van der Waals surface area contributed by atoms with Gasteiger partial charge < -0.3 is 10.6 Å². The summed E-state index contributed by atoms with van der Waals surface area (Å²) in [5.74, 6) is -2.66. The van der Waals surface area contributed by atoms with Gasteiger partial charge in [-0.1, -0.05) is 35.9 Å². The molecule has 4 N–H and O–H groups in total. The summed E-state index contributed by atoms with van der Waals surface area (Å²) < 4.78 is 64.4. The maximum absolute atomic E-state index is 13.2.